The minimum atomic E-state index is -2.92. The van der Waals surface area contributed by atoms with E-state index in [1.165, 1.54) is 42.6 Å². The summed E-state index contributed by atoms with van der Waals surface area (Å²) in [6, 6.07) is 12.9. The molecule has 0 saturated heterocycles. The van der Waals surface area contributed by atoms with Crippen LogP contribution < -0.4 is 0 Å². The number of hydrogen-bond acceptors (Lipinski definition) is 2. The summed E-state index contributed by atoms with van der Waals surface area (Å²) in [5, 5.41) is 9.23. The molecule has 0 radical (unpaired) electrons. The van der Waals surface area contributed by atoms with E-state index in [-0.39, 0.29) is 11.1 Å². The lowest BCUT2D eigenvalue weighted by Crippen LogP contribution is -2.06. The summed E-state index contributed by atoms with van der Waals surface area (Å²) in [5.74, 6) is -4.51. The molecule has 3 rings (SSSR count). The molecule has 1 N–H and O–H groups in total. The van der Waals surface area contributed by atoms with Crippen LogP contribution in [-0.2, 0) is 12.3 Å². The molecule has 6 heteroatoms. The highest BCUT2D eigenvalue weighted by Crippen LogP contribution is 2.29. The highest BCUT2D eigenvalue weighted by atomic mass is 19.3. The monoisotopic (exact) mass is 371 g/mol. The number of nitrogens with zero attached hydrogens (tertiary/aromatic N) is 1. The van der Waals surface area contributed by atoms with Crippen LogP contribution in [0.3, 0.4) is 0 Å². The van der Waals surface area contributed by atoms with Crippen LogP contribution in [0.4, 0.5) is 13.2 Å². The number of hydrogen-bond donors (Lipinski definition) is 1. The fourth-order valence-electron chi connectivity index (χ4n) is 2.79. The van der Waals surface area contributed by atoms with Crippen LogP contribution in [0.5, 0.6) is 0 Å². The quantitative estimate of drug-likeness (QED) is 0.663. The Kier molecular flexibility index (Phi) is 4.99. The van der Waals surface area contributed by atoms with Crippen LogP contribution >= 0.6 is 0 Å². The fourth-order valence-corrected chi connectivity index (χ4v) is 2.79. The van der Waals surface area contributed by atoms with E-state index in [1.54, 1.807) is 18.2 Å². The van der Waals surface area contributed by atoms with Gasteiger partial charge in [0.1, 0.15) is 5.82 Å². The van der Waals surface area contributed by atoms with Crippen LogP contribution in [0.2, 0.25) is 0 Å². The van der Waals surface area contributed by atoms with Crippen molar-refractivity contribution in [2.45, 2.75) is 19.3 Å². The summed E-state index contributed by atoms with van der Waals surface area (Å²) in [4.78, 5) is 15.4. The summed E-state index contributed by atoms with van der Waals surface area (Å²) in [7, 11) is 0. The second kappa shape index (κ2) is 7.23. The Bertz CT molecular complexity index is 979. The van der Waals surface area contributed by atoms with Crippen molar-refractivity contribution >= 4 is 5.97 Å². The number of carbonyl (C=O) groups is 1. The Morgan fingerprint density at radius 1 is 1.07 bits per heavy atom. The maximum Gasteiger partial charge on any atom is 0.335 e. The van der Waals surface area contributed by atoms with E-state index in [1.807, 2.05) is 0 Å². The molecular formula is C21H16F3NO2. The Hall–Kier alpha value is -3.15. The molecule has 0 aliphatic carbocycles. The van der Waals surface area contributed by atoms with Crippen molar-refractivity contribution in [2.75, 3.05) is 0 Å². The van der Waals surface area contributed by atoms with Gasteiger partial charge in [-0.1, -0.05) is 30.3 Å². The molecule has 27 heavy (non-hydrogen) atoms. The van der Waals surface area contributed by atoms with Crippen molar-refractivity contribution in [1.29, 1.82) is 0 Å². The van der Waals surface area contributed by atoms with Crippen molar-refractivity contribution in [2.24, 2.45) is 0 Å². The van der Waals surface area contributed by atoms with Crippen LogP contribution in [0.1, 0.15) is 34.0 Å². The molecule has 0 saturated carbocycles. The van der Waals surface area contributed by atoms with Gasteiger partial charge in [-0.2, -0.15) is 0 Å². The maximum atomic E-state index is 13.6. The van der Waals surface area contributed by atoms with E-state index in [0.29, 0.717) is 23.2 Å². The minimum absolute atomic E-state index is 0.0563. The van der Waals surface area contributed by atoms with E-state index in [2.05, 4.69) is 4.98 Å². The minimum Gasteiger partial charge on any atom is -0.478 e. The number of benzene rings is 2. The zero-order chi connectivity index (χ0) is 19.6. The van der Waals surface area contributed by atoms with Gasteiger partial charge in [0.25, 0.3) is 5.92 Å². The van der Waals surface area contributed by atoms with Crippen molar-refractivity contribution < 1.29 is 23.1 Å². The fraction of sp³-hybridized carbons (Fsp3) is 0.143. The Morgan fingerprint density at radius 2 is 1.78 bits per heavy atom. The van der Waals surface area contributed by atoms with Crippen molar-refractivity contribution in [3.63, 3.8) is 0 Å². The standard InChI is InChI=1S/C21H16F3NO2/c1-21(23,24)16-6-2-13(3-7-16)10-14-4-5-15(20(26)27)11-18(14)19-12-17(22)8-9-25-19/h2-9,11-12H,10H2,1H3,(H,26,27). The highest BCUT2D eigenvalue weighted by Gasteiger charge is 2.23. The van der Waals surface area contributed by atoms with E-state index in [4.69, 9.17) is 0 Å². The topological polar surface area (TPSA) is 50.2 Å². The molecular weight excluding hydrogens is 355 g/mol. The number of halogens is 3. The third-order valence-electron chi connectivity index (χ3n) is 4.21. The largest absolute Gasteiger partial charge is 0.478 e. The van der Waals surface area contributed by atoms with E-state index in [0.717, 1.165) is 12.5 Å². The first kappa shape index (κ1) is 18.6. The maximum absolute atomic E-state index is 13.6. The number of alkyl halides is 2. The van der Waals surface area contributed by atoms with Crippen LogP contribution in [0.25, 0.3) is 11.3 Å². The van der Waals surface area contributed by atoms with E-state index < -0.39 is 17.7 Å². The second-order valence-electron chi connectivity index (χ2n) is 6.30. The normalized spacial score (nSPS) is 11.4. The average molecular weight is 371 g/mol. The first-order valence-electron chi connectivity index (χ1n) is 8.19. The third kappa shape index (κ3) is 4.34. The molecule has 1 heterocycles. The molecule has 0 atom stereocenters. The Morgan fingerprint density at radius 3 is 2.37 bits per heavy atom. The second-order valence-corrected chi connectivity index (χ2v) is 6.30. The molecule has 3 nitrogen and oxygen atoms in total. The lowest BCUT2D eigenvalue weighted by atomic mass is 9.94. The van der Waals surface area contributed by atoms with Gasteiger partial charge in [-0.25, -0.2) is 18.0 Å². The molecule has 0 bridgehead atoms. The van der Waals surface area contributed by atoms with E-state index in [9.17, 15) is 23.1 Å². The predicted molar refractivity (Wildman–Crippen MR) is 95.4 cm³/mol. The predicted octanol–water partition coefficient (Wildman–Crippen LogP) is 5.29. The lowest BCUT2D eigenvalue weighted by Gasteiger charge is -2.13. The molecule has 0 amide bonds. The van der Waals surface area contributed by atoms with Crippen molar-refractivity contribution in [3.8, 4) is 11.3 Å². The van der Waals surface area contributed by atoms with Crippen molar-refractivity contribution in [1.82, 2.24) is 4.98 Å². The van der Waals surface area contributed by atoms with Crippen LogP contribution in [-0.4, -0.2) is 16.1 Å². The molecule has 2 aromatic carbocycles. The van der Waals surface area contributed by atoms with Gasteiger partial charge in [0.15, 0.2) is 0 Å². The van der Waals surface area contributed by atoms with Gasteiger partial charge < -0.3 is 5.11 Å². The Balaban J connectivity index is 2.01. The number of pyridine rings is 1. The zero-order valence-electron chi connectivity index (χ0n) is 14.4. The summed E-state index contributed by atoms with van der Waals surface area (Å²) in [5.41, 5.74) is 2.25. The Labute approximate surface area is 154 Å². The smallest absolute Gasteiger partial charge is 0.335 e. The van der Waals surface area contributed by atoms with Gasteiger partial charge in [0.05, 0.1) is 11.3 Å². The zero-order valence-corrected chi connectivity index (χ0v) is 14.4. The number of carboxylic acid groups (broad SMARTS) is 1. The molecule has 0 fully saturated rings. The van der Waals surface area contributed by atoms with Gasteiger partial charge in [-0.3, -0.25) is 4.98 Å². The molecule has 3 aromatic rings. The molecule has 0 spiro atoms. The third-order valence-corrected chi connectivity index (χ3v) is 4.21. The van der Waals surface area contributed by atoms with Gasteiger partial charge >= 0.3 is 5.97 Å². The van der Waals surface area contributed by atoms with Gasteiger partial charge in [-0.05, 0) is 35.7 Å². The SMILES string of the molecule is CC(F)(F)c1ccc(Cc2ccc(C(=O)O)cc2-c2cc(F)ccn2)cc1. The molecule has 0 aliphatic rings. The number of rotatable bonds is 5. The molecule has 0 aliphatic heterocycles. The molecule has 0 unspecified atom stereocenters. The highest BCUT2D eigenvalue weighted by molar-refractivity contribution is 5.89. The van der Waals surface area contributed by atoms with Gasteiger partial charge in [0, 0.05) is 30.3 Å². The molecule has 138 valence electrons. The molecule has 1 aromatic heterocycles. The summed E-state index contributed by atoms with van der Waals surface area (Å²) in [6.45, 7) is 0.834. The number of aromatic carboxylic acids is 1. The van der Waals surface area contributed by atoms with E-state index >= 15 is 0 Å². The lowest BCUT2D eigenvalue weighted by molar-refractivity contribution is 0.0174. The van der Waals surface area contributed by atoms with Crippen LogP contribution in [0, 0.1) is 5.82 Å². The van der Waals surface area contributed by atoms with Crippen LogP contribution in [0.15, 0.2) is 60.8 Å². The summed E-state index contributed by atoms with van der Waals surface area (Å²) >= 11 is 0. The number of carboxylic acids is 1. The number of aromatic nitrogens is 1. The summed E-state index contributed by atoms with van der Waals surface area (Å²) in [6.07, 6.45) is 1.67. The first-order chi connectivity index (χ1) is 12.7. The average Bonchev–Trinajstić information content (AvgIpc) is 2.61. The van der Waals surface area contributed by atoms with Crippen molar-refractivity contribution in [3.05, 3.63) is 88.9 Å². The van der Waals surface area contributed by atoms with Gasteiger partial charge in [-0.15, -0.1) is 0 Å². The van der Waals surface area contributed by atoms with Gasteiger partial charge in [0.2, 0.25) is 0 Å². The summed E-state index contributed by atoms with van der Waals surface area (Å²) < 4.78 is 40.3. The first-order valence-corrected chi connectivity index (χ1v) is 8.19.